The largest absolute Gasteiger partial charge is 0.493 e. The minimum atomic E-state index is -3.01. The van der Waals surface area contributed by atoms with Crippen LogP contribution in [0, 0.1) is 0 Å². The molecule has 1 aromatic heterocycles. The van der Waals surface area contributed by atoms with Crippen LogP contribution in [0.5, 0.6) is 17.4 Å². The molecular weight excluding hydrogens is 334 g/mol. The number of halogens is 2. The number of hydrogen-bond donors (Lipinski definition) is 1. The molecule has 134 valence electrons. The molecule has 0 saturated carbocycles. The lowest BCUT2D eigenvalue weighted by Crippen LogP contribution is -2.23. The lowest BCUT2D eigenvalue weighted by molar-refractivity contribution is -0.0512. The van der Waals surface area contributed by atoms with Crippen molar-refractivity contribution in [2.75, 3.05) is 13.7 Å². The van der Waals surface area contributed by atoms with Gasteiger partial charge in [-0.25, -0.2) is 4.98 Å². The van der Waals surface area contributed by atoms with E-state index in [0.29, 0.717) is 12.5 Å². The van der Waals surface area contributed by atoms with E-state index in [0.717, 1.165) is 5.56 Å². The lowest BCUT2D eigenvalue weighted by Gasteiger charge is -2.12. The van der Waals surface area contributed by atoms with E-state index < -0.39 is 12.5 Å². The number of amides is 1. The van der Waals surface area contributed by atoms with Gasteiger partial charge in [0.2, 0.25) is 5.88 Å². The van der Waals surface area contributed by atoms with Gasteiger partial charge in [-0.15, -0.1) is 0 Å². The van der Waals surface area contributed by atoms with Gasteiger partial charge >= 0.3 is 6.61 Å². The summed E-state index contributed by atoms with van der Waals surface area (Å²) in [5.74, 6) is -0.0529. The Morgan fingerprint density at radius 3 is 2.72 bits per heavy atom. The summed E-state index contributed by atoms with van der Waals surface area (Å²) in [4.78, 5) is 16.3. The number of alkyl halides is 2. The maximum Gasteiger partial charge on any atom is 0.387 e. The molecule has 0 spiro atoms. The maximum absolute atomic E-state index is 12.4. The van der Waals surface area contributed by atoms with Gasteiger partial charge in [0.15, 0.2) is 11.5 Å². The fourth-order valence-electron chi connectivity index (χ4n) is 2.08. The third kappa shape index (κ3) is 5.30. The normalized spacial score (nSPS) is 10.4. The minimum absolute atomic E-state index is 0.118. The average molecular weight is 352 g/mol. The molecule has 0 radical (unpaired) electrons. The van der Waals surface area contributed by atoms with Crippen LogP contribution in [-0.4, -0.2) is 31.2 Å². The van der Waals surface area contributed by atoms with Crippen molar-refractivity contribution in [3.8, 4) is 17.4 Å². The van der Waals surface area contributed by atoms with Gasteiger partial charge in [-0.05, 0) is 36.8 Å². The number of rotatable bonds is 8. The van der Waals surface area contributed by atoms with E-state index in [2.05, 4.69) is 15.0 Å². The number of carbonyl (C=O) groups is 1. The second-order valence-corrected chi connectivity index (χ2v) is 4.86. The Balaban J connectivity index is 2.06. The molecule has 0 fully saturated rings. The minimum Gasteiger partial charge on any atom is -0.493 e. The van der Waals surface area contributed by atoms with Crippen LogP contribution in [0.1, 0.15) is 22.8 Å². The number of hydrogen-bond acceptors (Lipinski definition) is 5. The number of carbonyl (C=O) groups excluding carboxylic acids is 1. The first-order chi connectivity index (χ1) is 12.0. The van der Waals surface area contributed by atoms with Crippen LogP contribution in [-0.2, 0) is 6.54 Å². The van der Waals surface area contributed by atoms with E-state index >= 15 is 0 Å². The van der Waals surface area contributed by atoms with Crippen LogP contribution in [0.25, 0.3) is 0 Å². The second-order valence-electron chi connectivity index (χ2n) is 4.86. The van der Waals surface area contributed by atoms with Gasteiger partial charge in [0.1, 0.15) is 0 Å². The molecule has 8 heteroatoms. The van der Waals surface area contributed by atoms with Crippen LogP contribution in [0.3, 0.4) is 0 Å². The third-order valence-electron chi connectivity index (χ3n) is 3.19. The Labute approximate surface area is 143 Å². The predicted octanol–water partition coefficient (Wildman–Crippen LogP) is 3.02. The number of aromatic nitrogens is 1. The number of ether oxygens (including phenoxy) is 3. The van der Waals surface area contributed by atoms with Gasteiger partial charge in [-0.3, -0.25) is 4.79 Å². The first kappa shape index (κ1) is 18.4. The smallest absolute Gasteiger partial charge is 0.387 e. The molecule has 2 rings (SSSR count). The van der Waals surface area contributed by atoms with Crippen molar-refractivity contribution in [1.29, 1.82) is 0 Å². The summed E-state index contributed by atoms with van der Waals surface area (Å²) in [6.07, 6.45) is 1.58. The molecule has 2 aromatic rings. The van der Waals surface area contributed by atoms with E-state index in [-0.39, 0.29) is 23.6 Å². The van der Waals surface area contributed by atoms with Gasteiger partial charge in [-0.1, -0.05) is 0 Å². The Kier molecular flexibility index (Phi) is 6.50. The standard InChI is InChI=1S/C17H18F2N2O4/c1-3-24-15-8-11(6-7-20-15)10-21-16(22)12-4-5-13(23-2)14(9-12)25-17(18)19/h4-9,17H,3,10H2,1-2H3,(H,21,22). The van der Waals surface area contributed by atoms with Crippen molar-refractivity contribution in [3.05, 3.63) is 47.7 Å². The average Bonchev–Trinajstić information content (AvgIpc) is 2.60. The summed E-state index contributed by atoms with van der Waals surface area (Å²) in [5.41, 5.74) is 0.972. The van der Waals surface area contributed by atoms with Crippen molar-refractivity contribution in [3.63, 3.8) is 0 Å². The fraction of sp³-hybridized carbons (Fsp3) is 0.294. The molecule has 0 aliphatic rings. The molecule has 0 bridgehead atoms. The molecule has 0 saturated heterocycles. The maximum atomic E-state index is 12.4. The number of pyridine rings is 1. The van der Waals surface area contributed by atoms with Crippen molar-refractivity contribution in [2.24, 2.45) is 0 Å². The number of methoxy groups -OCH3 is 1. The van der Waals surface area contributed by atoms with E-state index in [1.54, 1.807) is 18.3 Å². The van der Waals surface area contributed by atoms with Crippen LogP contribution in [0.15, 0.2) is 36.5 Å². The van der Waals surface area contributed by atoms with E-state index in [1.807, 2.05) is 6.92 Å². The monoisotopic (exact) mass is 352 g/mol. The van der Waals surface area contributed by atoms with Gasteiger partial charge < -0.3 is 19.5 Å². The van der Waals surface area contributed by atoms with Gasteiger partial charge in [0, 0.05) is 24.4 Å². The number of nitrogens with zero attached hydrogens (tertiary/aromatic N) is 1. The molecule has 25 heavy (non-hydrogen) atoms. The molecule has 1 N–H and O–H groups in total. The highest BCUT2D eigenvalue weighted by atomic mass is 19.3. The topological polar surface area (TPSA) is 69.7 Å². The van der Waals surface area contributed by atoms with Crippen LogP contribution < -0.4 is 19.5 Å². The Morgan fingerprint density at radius 1 is 1.24 bits per heavy atom. The summed E-state index contributed by atoms with van der Waals surface area (Å²) in [7, 11) is 1.33. The Hall–Kier alpha value is -2.90. The van der Waals surface area contributed by atoms with Gasteiger partial charge in [0.05, 0.1) is 13.7 Å². The SMILES string of the molecule is CCOc1cc(CNC(=O)c2ccc(OC)c(OC(F)F)c2)ccn1. The van der Waals surface area contributed by atoms with Crippen molar-refractivity contribution < 1.29 is 27.8 Å². The molecule has 1 heterocycles. The predicted molar refractivity (Wildman–Crippen MR) is 86.2 cm³/mol. The van der Waals surface area contributed by atoms with Gasteiger partial charge in [-0.2, -0.15) is 8.78 Å². The highest BCUT2D eigenvalue weighted by Gasteiger charge is 2.14. The quantitative estimate of drug-likeness (QED) is 0.791. The molecule has 0 aliphatic heterocycles. The Morgan fingerprint density at radius 2 is 2.04 bits per heavy atom. The van der Waals surface area contributed by atoms with Crippen molar-refractivity contribution in [2.45, 2.75) is 20.1 Å². The van der Waals surface area contributed by atoms with Crippen LogP contribution in [0.4, 0.5) is 8.78 Å². The van der Waals surface area contributed by atoms with E-state index in [1.165, 1.54) is 25.3 Å². The molecule has 0 unspecified atom stereocenters. The molecular formula is C17H18F2N2O4. The first-order valence-electron chi connectivity index (χ1n) is 7.52. The highest BCUT2D eigenvalue weighted by Crippen LogP contribution is 2.29. The highest BCUT2D eigenvalue weighted by molar-refractivity contribution is 5.94. The Bertz CT molecular complexity index is 726. The summed E-state index contributed by atoms with van der Waals surface area (Å²) >= 11 is 0. The summed E-state index contributed by atoms with van der Waals surface area (Å²) in [5, 5.41) is 2.70. The third-order valence-corrected chi connectivity index (χ3v) is 3.19. The van der Waals surface area contributed by atoms with Crippen molar-refractivity contribution >= 4 is 5.91 Å². The summed E-state index contributed by atoms with van der Waals surface area (Å²) in [6.45, 7) is -0.445. The van der Waals surface area contributed by atoms with Crippen molar-refractivity contribution in [1.82, 2.24) is 10.3 Å². The zero-order chi connectivity index (χ0) is 18.2. The van der Waals surface area contributed by atoms with E-state index in [9.17, 15) is 13.6 Å². The molecule has 0 aliphatic carbocycles. The molecule has 1 amide bonds. The zero-order valence-electron chi connectivity index (χ0n) is 13.8. The number of benzene rings is 1. The molecule has 6 nitrogen and oxygen atoms in total. The van der Waals surface area contributed by atoms with Gasteiger partial charge in [0.25, 0.3) is 5.91 Å². The van der Waals surface area contributed by atoms with Crippen LogP contribution in [0.2, 0.25) is 0 Å². The van der Waals surface area contributed by atoms with E-state index in [4.69, 9.17) is 9.47 Å². The fourth-order valence-corrected chi connectivity index (χ4v) is 2.08. The molecule has 0 atom stereocenters. The molecule has 1 aromatic carbocycles. The second kappa shape index (κ2) is 8.81. The lowest BCUT2D eigenvalue weighted by atomic mass is 10.1. The number of nitrogens with one attached hydrogen (secondary N) is 1. The summed E-state index contributed by atoms with van der Waals surface area (Å²) < 4.78 is 39.5. The zero-order valence-corrected chi connectivity index (χ0v) is 13.8. The summed E-state index contributed by atoms with van der Waals surface area (Å²) in [6, 6.07) is 7.51. The van der Waals surface area contributed by atoms with Crippen LogP contribution >= 0.6 is 0 Å². The first-order valence-corrected chi connectivity index (χ1v) is 7.52.